The van der Waals surface area contributed by atoms with Crippen LogP contribution in [0.5, 0.6) is 5.75 Å². The number of hydrogen-bond donors (Lipinski definition) is 1. The van der Waals surface area contributed by atoms with Gasteiger partial charge >= 0.3 is 0 Å². The van der Waals surface area contributed by atoms with Crippen LogP contribution >= 0.6 is 0 Å². The van der Waals surface area contributed by atoms with Gasteiger partial charge in [0.1, 0.15) is 23.8 Å². The first-order valence-corrected chi connectivity index (χ1v) is 6.44. The highest BCUT2D eigenvalue weighted by Crippen LogP contribution is 2.26. The van der Waals surface area contributed by atoms with Gasteiger partial charge < -0.3 is 14.6 Å². The van der Waals surface area contributed by atoms with Gasteiger partial charge in [-0.15, -0.1) is 0 Å². The summed E-state index contributed by atoms with van der Waals surface area (Å²) >= 11 is 0. The predicted octanol–water partition coefficient (Wildman–Crippen LogP) is 1.29. The molecule has 1 fully saturated rings. The SMILES string of the molecule is COC1(COc2ccc(F)cc2)CCN(CCO)C1. The standard InChI is InChI=1S/C14H20FNO3/c1-18-14(6-7-16(10-14)8-9-17)11-19-13-4-2-12(15)3-5-13/h2-5,17H,6-11H2,1H3. The van der Waals surface area contributed by atoms with Crippen molar-refractivity contribution >= 4 is 0 Å². The summed E-state index contributed by atoms with van der Waals surface area (Å²) in [5, 5.41) is 8.95. The molecule has 106 valence electrons. The van der Waals surface area contributed by atoms with E-state index in [1.54, 1.807) is 19.2 Å². The number of nitrogens with zero attached hydrogens (tertiary/aromatic N) is 1. The van der Waals surface area contributed by atoms with Crippen molar-refractivity contribution in [1.29, 1.82) is 0 Å². The highest BCUT2D eigenvalue weighted by Gasteiger charge is 2.38. The van der Waals surface area contributed by atoms with Crippen molar-refractivity contribution in [2.24, 2.45) is 0 Å². The van der Waals surface area contributed by atoms with Crippen molar-refractivity contribution < 1.29 is 19.0 Å². The Morgan fingerprint density at radius 2 is 2.11 bits per heavy atom. The molecule has 1 saturated heterocycles. The van der Waals surface area contributed by atoms with E-state index in [9.17, 15) is 4.39 Å². The topological polar surface area (TPSA) is 41.9 Å². The van der Waals surface area contributed by atoms with Gasteiger partial charge in [-0.3, -0.25) is 4.90 Å². The minimum Gasteiger partial charge on any atom is -0.491 e. The van der Waals surface area contributed by atoms with Crippen LogP contribution in [-0.2, 0) is 4.74 Å². The molecule has 4 nitrogen and oxygen atoms in total. The van der Waals surface area contributed by atoms with Crippen LogP contribution in [0.2, 0.25) is 0 Å². The van der Waals surface area contributed by atoms with Gasteiger partial charge in [-0.1, -0.05) is 0 Å². The summed E-state index contributed by atoms with van der Waals surface area (Å²) in [6.07, 6.45) is 0.866. The third-order valence-corrected chi connectivity index (χ3v) is 3.56. The second-order valence-electron chi connectivity index (χ2n) is 4.88. The quantitative estimate of drug-likeness (QED) is 0.845. The molecule has 1 aliphatic heterocycles. The first-order valence-electron chi connectivity index (χ1n) is 6.44. The second-order valence-corrected chi connectivity index (χ2v) is 4.88. The molecule has 1 aromatic carbocycles. The van der Waals surface area contributed by atoms with Crippen molar-refractivity contribution in [3.05, 3.63) is 30.1 Å². The summed E-state index contributed by atoms with van der Waals surface area (Å²) in [6, 6.07) is 5.97. The maximum absolute atomic E-state index is 12.8. The average Bonchev–Trinajstić information content (AvgIpc) is 2.83. The molecule has 2 rings (SSSR count). The lowest BCUT2D eigenvalue weighted by molar-refractivity contribution is -0.0360. The summed E-state index contributed by atoms with van der Waals surface area (Å²) in [5.41, 5.74) is -0.344. The van der Waals surface area contributed by atoms with Gasteiger partial charge in [-0.05, 0) is 30.7 Å². The number of β-amino-alcohol motifs (C(OH)–C–C–N with tert-alkyl or cyclic N) is 1. The lowest BCUT2D eigenvalue weighted by Gasteiger charge is -2.28. The Labute approximate surface area is 112 Å². The van der Waals surface area contributed by atoms with Crippen LogP contribution in [-0.4, -0.2) is 55.6 Å². The van der Waals surface area contributed by atoms with Crippen LogP contribution < -0.4 is 4.74 Å². The molecular formula is C14H20FNO3. The zero-order valence-electron chi connectivity index (χ0n) is 11.1. The van der Waals surface area contributed by atoms with Gasteiger partial charge in [0.15, 0.2) is 0 Å². The fraction of sp³-hybridized carbons (Fsp3) is 0.571. The maximum Gasteiger partial charge on any atom is 0.123 e. The number of ether oxygens (including phenoxy) is 2. The number of aliphatic hydroxyl groups is 1. The number of rotatable bonds is 6. The molecule has 0 aromatic heterocycles. The molecule has 5 heteroatoms. The van der Waals surface area contributed by atoms with Gasteiger partial charge in [0.25, 0.3) is 0 Å². The maximum atomic E-state index is 12.8. The molecule has 1 aromatic rings. The summed E-state index contributed by atoms with van der Waals surface area (Å²) in [4.78, 5) is 2.15. The summed E-state index contributed by atoms with van der Waals surface area (Å²) < 4.78 is 24.1. The van der Waals surface area contributed by atoms with Gasteiger partial charge in [-0.2, -0.15) is 0 Å². The number of methoxy groups -OCH3 is 1. The molecule has 0 bridgehead atoms. The van der Waals surface area contributed by atoms with Crippen molar-refractivity contribution in [1.82, 2.24) is 4.90 Å². The Kier molecular flexibility index (Phi) is 4.74. The average molecular weight is 269 g/mol. The number of benzene rings is 1. The fourth-order valence-corrected chi connectivity index (χ4v) is 2.35. The molecule has 1 N–H and O–H groups in total. The van der Waals surface area contributed by atoms with Gasteiger partial charge in [-0.25, -0.2) is 4.39 Å². The molecule has 0 radical (unpaired) electrons. The first-order chi connectivity index (χ1) is 9.17. The lowest BCUT2D eigenvalue weighted by atomic mass is 10.1. The van der Waals surface area contributed by atoms with E-state index < -0.39 is 0 Å². The molecule has 0 saturated carbocycles. The van der Waals surface area contributed by atoms with Crippen LogP contribution in [0.3, 0.4) is 0 Å². The Hall–Kier alpha value is -1.17. The van der Waals surface area contributed by atoms with Crippen LogP contribution in [0.15, 0.2) is 24.3 Å². The Morgan fingerprint density at radius 1 is 1.37 bits per heavy atom. The van der Waals surface area contributed by atoms with Crippen LogP contribution in [0.1, 0.15) is 6.42 Å². The largest absolute Gasteiger partial charge is 0.491 e. The van der Waals surface area contributed by atoms with Gasteiger partial charge in [0.05, 0.1) is 6.61 Å². The summed E-state index contributed by atoms with van der Waals surface area (Å²) in [5.74, 6) is 0.363. The van der Waals surface area contributed by atoms with E-state index >= 15 is 0 Å². The van der Waals surface area contributed by atoms with E-state index in [4.69, 9.17) is 14.6 Å². The Morgan fingerprint density at radius 3 is 2.74 bits per heavy atom. The highest BCUT2D eigenvalue weighted by atomic mass is 19.1. The molecule has 0 aliphatic carbocycles. The number of likely N-dealkylation sites (tertiary alicyclic amines) is 1. The summed E-state index contributed by atoms with van der Waals surface area (Å²) in [6.45, 7) is 2.86. The molecule has 19 heavy (non-hydrogen) atoms. The molecule has 1 aliphatic rings. The minimum atomic E-state index is -0.344. The zero-order valence-corrected chi connectivity index (χ0v) is 11.1. The smallest absolute Gasteiger partial charge is 0.123 e. The number of hydrogen-bond acceptors (Lipinski definition) is 4. The van der Waals surface area contributed by atoms with E-state index in [1.807, 2.05) is 0 Å². The fourth-order valence-electron chi connectivity index (χ4n) is 2.35. The van der Waals surface area contributed by atoms with Crippen molar-refractivity contribution in [3.63, 3.8) is 0 Å². The van der Waals surface area contributed by atoms with Crippen molar-refractivity contribution in [2.75, 3.05) is 40.0 Å². The normalized spacial score (nSPS) is 23.7. The van der Waals surface area contributed by atoms with Gasteiger partial charge in [0.2, 0.25) is 0 Å². The second kappa shape index (κ2) is 6.32. The van der Waals surface area contributed by atoms with E-state index in [2.05, 4.69) is 4.90 Å². The first kappa shape index (κ1) is 14.2. The molecule has 1 heterocycles. The van der Waals surface area contributed by atoms with Crippen LogP contribution in [0, 0.1) is 5.82 Å². The van der Waals surface area contributed by atoms with E-state index in [-0.39, 0.29) is 18.0 Å². The Bertz CT molecular complexity index is 398. The zero-order chi connectivity index (χ0) is 13.7. The van der Waals surface area contributed by atoms with Gasteiger partial charge in [0, 0.05) is 26.7 Å². The number of aliphatic hydroxyl groups excluding tert-OH is 1. The van der Waals surface area contributed by atoms with E-state index in [1.165, 1.54) is 12.1 Å². The number of halogens is 1. The van der Waals surface area contributed by atoms with Crippen LogP contribution in [0.25, 0.3) is 0 Å². The molecule has 0 spiro atoms. The lowest BCUT2D eigenvalue weighted by Crippen LogP contribution is -2.41. The molecule has 0 amide bonds. The molecular weight excluding hydrogens is 249 g/mol. The van der Waals surface area contributed by atoms with Crippen LogP contribution in [0.4, 0.5) is 4.39 Å². The van der Waals surface area contributed by atoms with Crippen molar-refractivity contribution in [2.45, 2.75) is 12.0 Å². The highest BCUT2D eigenvalue weighted by molar-refractivity contribution is 5.22. The predicted molar refractivity (Wildman–Crippen MR) is 69.8 cm³/mol. The van der Waals surface area contributed by atoms with E-state index in [0.29, 0.717) is 18.9 Å². The minimum absolute atomic E-state index is 0.151. The van der Waals surface area contributed by atoms with E-state index in [0.717, 1.165) is 19.5 Å². The third-order valence-electron chi connectivity index (χ3n) is 3.56. The Balaban J connectivity index is 1.91. The third kappa shape index (κ3) is 3.65. The molecule has 1 unspecified atom stereocenters. The monoisotopic (exact) mass is 269 g/mol. The summed E-state index contributed by atoms with van der Waals surface area (Å²) in [7, 11) is 1.68. The van der Waals surface area contributed by atoms with Crippen molar-refractivity contribution in [3.8, 4) is 5.75 Å². The molecule has 1 atom stereocenters.